The van der Waals surface area contributed by atoms with Gasteiger partial charge in [0, 0.05) is 6.54 Å². The standard InChI is InChI=1S/C9H16N2O3/c1-6(10)9(14)11-4-2-3-7(11)8(13)5-12/h6-7,12H,2-5,10H2,1H3/t6-,7-/m0/s1. The van der Waals surface area contributed by atoms with Gasteiger partial charge in [-0.05, 0) is 19.8 Å². The van der Waals surface area contributed by atoms with Crippen molar-refractivity contribution in [3.8, 4) is 0 Å². The number of ketones is 1. The maximum Gasteiger partial charge on any atom is 0.239 e. The Morgan fingerprint density at radius 2 is 2.29 bits per heavy atom. The predicted octanol–water partition coefficient (Wildman–Crippen LogP) is -1.11. The summed E-state index contributed by atoms with van der Waals surface area (Å²) in [7, 11) is 0. The number of rotatable bonds is 3. The van der Waals surface area contributed by atoms with Crippen molar-refractivity contribution >= 4 is 11.7 Å². The average molecular weight is 200 g/mol. The minimum atomic E-state index is -0.581. The van der Waals surface area contributed by atoms with Crippen molar-refractivity contribution in [2.45, 2.75) is 31.8 Å². The minimum absolute atomic E-state index is 0.214. The van der Waals surface area contributed by atoms with E-state index in [0.717, 1.165) is 6.42 Å². The molecular weight excluding hydrogens is 184 g/mol. The number of aliphatic hydroxyl groups is 1. The van der Waals surface area contributed by atoms with Gasteiger partial charge in [-0.3, -0.25) is 9.59 Å². The number of aliphatic hydroxyl groups excluding tert-OH is 1. The van der Waals surface area contributed by atoms with E-state index in [9.17, 15) is 9.59 Å². The molecule has 1 heterocycles. The molecular formula is C9H16N2O3. The second-order valence-electron chi connectivity index (χ2n) is 3.60. The summed E-state index contributed by atoms with van der Waals surface area (Å²) in [5.74, 6) is -0.509. The van der Waals surface area contributed by atoms with Crippen LogP contribution in [0.25, 0.3) is 0 Å². The molecule has 0 unspecified atom stereocenters. The van der Waals surface area contributed by atoms with Gasteiger partial charge >= 0.3 is 0 Å². The van der Waals surface area contributed by atoms with E-state index < -0.39 is 18.7 Å². The lowest BCUT2D eigenvalue weighted by atomic mass is 10.1. The summed E-state index contributed by atoms with van der Waals surface area (Å²) in [6.45, 7) is 1.66. The molecule has 1 rings (SSSR count). The molecule has 1 saturated heterocycles. The SMILES string of the molecule is C[C@H](N)C(=O)N1CCC[C@H]1C(=O)CO. The molecule has 0 bridgehead atoms. The zero-order chi connectivity index (χ0) is 10.7. The Balaban J connectivity index is 2.68. The monoisotopic (exact) mass is 200 g/mol. The third-order valence-electron chi connectivity index (χ3n) is 2.45. The predicted molar refractivity (Wildman–Crippen MR) is 50.5 cm³/mol. The minimum Gasteiger partial charge on any atom is -0.389 e. The fraction of sp³-hybridized carbons (Fsp3) is 0.778. The molecule has 0 aromatic heterocycles. The molecule has 0 saturated carbocycles. The van der Waals surface area contributed by atoms with Crippen molar-refractivity contribution in [3.63, 3.8) is 0 Å². The largest absolute Gasteiger partial charge is 0.389 e. The lowest BCUT2D eigenvalue weighted by Gasteiger charge is -2.24. The van der Waals surface area contributed by atoms with Gasteiger partial charge in [0.05, 0.1) is 12.1 Å². The van der Waals surface area contributed by atoms with Crippen LogP contribution in [0.15, 0.2) is 0 Å². The van der Waals surface area contributed by atoms with Crippen molar-refractivity contribution in [2.75, 3.05) is 13.2 Å². The summed E-state index contributed by atoms with van der Waals surface area (Å²) < 4.78 is 0. The third-order valence-corrected chi connectivity index (χ3v) is 2.45. The molecule has 80 valence electrons. The van der Waals surface area contributed by atoms with E-state index in [2.05, 4.69) is 0 Å². The van der Waals surface area contributed by atoms with E-state index >= 15 is 0 Å². The number of carbonyl (C=O) groups is 2. The molecule has 5 heteroatoms. The van der Waals surface area contributed by atoms with Crippen molar-refractivity contribution in [1.82, 2.24) is 4.90 Å². The van der Waals surface area contributed by atoms with Gasteiger partial charge in [0.25, 0.3) is 0 Å². The fourth-order valence-electron chi connectivity index (χ4n) is 1.73. The van der Waals surface area contributed by atoms with Crippen molar-refractivity contribution in [3.05, 3.63) is 0 Å². The van der Waals surface area contributed by atoms with Gasteiger partial charge in [0.2, 0.25) is 5.91 Å². The summed E-state index contributed by atoms with van der Waals surface area (Å²) in [6, 6.07) is -1.04. The van der Waals surface area contributed by atoms with Gasteiger partial charge in [-0.15, -0.1) is 0 Å². The third kappa shape index (κ3) is 2.10. The maximum atomic E-state index is 11.5. The van der Waals surface area contributed by atoms with Crippen molar-refractivity contribution in [1.29, 1.82) is 0 Å². The van der Waals surface area contributed by atoms with Crippen LogP contribution < -0.4 is 5.73 Å². The summed E-state index contributed by atoms with van der Waals surface area (Å²) >= 11 is 0. The number of hydrogen-bond acceptors (Lipinski definition) is 4. The molecule has 5 nitrogen and oxygen atoms in total. The molecule has 0 radical (unpaired) electrons. The first-order valence-corrected chi connectivity index (χ1v) is 4.77. The first-order chi connectivity index (χ1) is 6.57. The first-order valence-electron chi connectivity index (χ1n) is 4.77. The van der Waals surface area contributed by atoms with Crippen LogP contribution in [0.1, 0.15) is 19.8 Å². The van der Waals surface area contributed by atoms with E-state index in [4.69, 9.17) is 10.8 Å². The van der Waals surface area contributed by atoms with Crippen LogP contribution >= 0.6 is 0 Å². The highest BCUT2D eigenvalue weighted by molar-refractivity contribution is 5.91. The second-order valence-corrected chi connectivity index (χ2v) is 3.60. The molecule has 1 amide bonds. The summed E-state index contributed by atoms with van der Waals surface area (Å²) in [5, 5.41) is 8.71. The van der Waals surface area contributed by atoms with Gasteiger partial charge in [-0.2, -0.15) is 0 Å². The summed E-state index contributed by atoms with van der Waals surface area (Å²) in [4.78, 5) is 24.3. The van der Waals surface area contributed by atoms with Crippen LogP contribution in [-0.2, 0) is 9.59 Å². The number of hydrogen-bond donors (Lipinski definition) is 2. The maximum absolute atomic E-state index is 11.5. The molecule has 14 heavy (non-hydrogen) atoms. The summed E-state index contributed by atoms with van der Waals surface area (Å²) in [5.41, 5.74) is 5.45. The van der Waals surface area contributed by atoms with Gasteiger partial charge in [-0.25, -0.2) is 0 Å². The summed E-state index contributed by atoms with van der Waals surface area (Å²) in [6.07, 6.45) is 1.44. The lowest BCUT2D eigenvalue weighted by molar-refractivity contribution is -0.139. The van der Waals surface area contributed by atoms with E-state index in [1.165, 1.54) is 4.90 Å². The molecule has 1 aliphatic heterocycles. The Bertz CT molecular complexity index is 240. The van der Waals surface area contributed by atoms with Crippen LogP contribution in [0.4, 0.5) is 0 Å². The molecule has 1 aliphatic rings. The highest BCUT2D eigenvalue weighted by Crippen LogP contribution is 2.18. The Labute approximate surface area is 82.9 Å². The Kier molecular flexibility index (Phi) is 3.60. The van der Waals surface area contributed by atoms with Crippen molar-refractivity contribution in [2.24, 2.45) is 5.73 Å². The Morgan fingerprint density at radius 1 is 1.64 bits per heavy atom. The van der Waals surface area contributed by atoms with Crippen LogP contribution in [-0.4, -0.2) is 46.9 Å². The van der Waals surface area contributed by atoms with E-state index in [-0.39, 0.29) is 11.7 Å². The topological polar surface area (TPSA) is 83.6 Å². The van der Waals surface area contributed by atoms with E-state index in [0.29, 0.717) is 13.0 Å². The van der Waals surface area contributed by atoms with Crippen LogP contribution in [0.3, 0.4) is 0 Å². The zero-order valence-corrected chi connectivity index (χ0v) is 8.27. The first kappa shape index (κ1) is 11.1. The van der Waals surface area contributed by atoms with Crippen LogP contribution in [0.5, 0.6) is 0 Å². The molecule has 3 N–H and O–H groups in total. The number of amides is 1. The zero-order valence-electron chi connectivity index (χ0n) is 8.27. The smallest absolute Gasteiger partial charge is 0.239 e. The van der Waals surface area contributed by atoms with Gasteiger partial charge in [0.15, 0.2) is 5.78 Å². The van der Waals surface area contributed by atoms with Crippen LogP contribution in [0.2, 0.25) is 0 Å². The Hall–Kier alpha value is -0.940. The highest BCUT2D eigenvalue weighted by Gasteiger charge is 2.34. The van der Waals surface area contributed by atoms with E-state index in [1.54, 1.807) is 6.92 Å². The van der Waals surface area contributed by atoms with E-state index in [1.807, 2.05) is 0 Å². The number of nitrogens with zero attached hydrogens (tertiary/aromatic N) is 1. The van der Waals surface area contributed by atoms with Crippen molar-refractivity contribution < 1.29 is 14.7 Å². The van der Waals surface area contributed by atoms with Gasteiger partial charge < -0.3 is 15.7 Å². The highest BCUT2D eigenvalue weighted by atomic mass is 16.3. The number of nitrogens with two attached hydrogens (primary N) is 1. The number of likely N-dealkylation sites (tertiary alicyclic amines) is 1. The Morgan fingerprint density at radius 3 is 2.79 bits per heavy atom. The molecule has 0 aromatic rings. The van der Waals surface area contributed by atoms with Gasteiger partial charge in [-0.1, -0.05) is 0 Å². The quantitative estimate of drug-likeness (QED) is 0.605. The molecule has 0 aromatic carbocycles. The fourth-order valence-corrected chi connectivity index (χ4v) is 1.73. The molecule has 0 spiro atoms. The number of carbonyl (C=O) groups excluding carboxylic acids is 2. The molecule has 1 fully saturated rings. The van der Waals surface area contributed by atoms with Crippen LogP contribution in [0, 0.1) is 0 Å². The molecule has 0 aliphatic carbocycles. The molecule has 2 atom stereocenters. The average Bonchev–Trinajstić information content (AvgIpc) is 2.63. The second kappa shape index (κ2) is 4.52. The normalized spacial score (nSPS) is 23.6. The van der Waals surface area contributed by atoms with Gasteiger partial charge in [0.1, 0.15) is 6.61 Å². The number of Topliss-reactive ketones (excluding diaryl/α,β-unsaturated/α-hetero) is 1. The lowest BCUT2D eigenvalue weighted by Crippen LogP contribution is -2.47.